The second-order valence-corrected chi connectivity index (χ2v) is 6.07. The van der Waals surface area contributed by atoms with E-state index in [1.165, 1.54) is 36.8 Å². The zero-order valence-electron chi connectivity index (χ0n) is 12.3. The summed E-state index contributed by atoms with van der Waals surface area (Å²) < 4.78 is 0. The van der Waals surface area contributed by atoms with Crippen molar-refractivity contribution in [1.82, 2.24) is 5.32 Å². The van der Waals surface area contributed by atoms with Crippen LogP contribution in [0.5, 0.6) is 0 Å². The van der Waals surface area contributed by atoms with Crippen molar-refractivity contribution in [2.45, 2.75) is 45.1 Å². The minimum Gasteiger partial charge on any atom is -0.310 e. The summed E-state index contributed by atoms with van der Waals surface area (Å²) in [5, 5.41) is 8.14. The topological polar surface area (TPSA) is 12.0 Å². The quantitative estimate of drug-likeness (QED) is 0.625. The molecule has 2 aromatic rings. The Morgan fingerprint density at radius 3 is 2.65 bits per heavy atom. The molecule has 20 heavy (non-hydrogen) atoms. The van der Waals surface area contributed by atoms with Gasteiger partial charge in [0.2, 0.25) is 0 Å². The van der Waals surface area contributed by atoms with Gasteiger partial charge in [-0.25, -0.2) is 0 Å². The lowest BCUT2D eigenvalue weighted by atomic mass is 10.00. The summed E-state index contributed by atoms with van der Waals surface area (Å²) in [4.78, 5) is 0. The number of thiophene rings is 1. The molecule has 0 radical (unpaired) electrons. The average molecular weight is 287 g/mol. The summed E-state index contributed by atoms with van der Waals surface area (Å²) in [5.74, 6) is 0. The highest BCUT2D eigenvalue weighted by atomic mass is 32.1. The first-order valence-corrected chi connectivity index (χ1v) is 8.64. The minimum atomic E-state index is 0.501. The Balaban J connectivity index is 1.85. The molecule has 0 saturated heterocycles. The van der Waals surface area contributed by atoms with Crippen molar-refractivity contribution in [1.29, 1.82) is 0 Å². The first-order chi connectivity index (χ1) is 9.90. The van der Waals surface area contributed by atoms with E-state index in [4.69, 9.17) is 0 Å². The van der Waals surface area contributed by atoms with Gasteiger partial charge in [0, 0.05) is 6.04 Å². The van der Waals surface area contributed by atoms with Crippen molar-refractivity contribution in [3.8, 4) is 0 Å². The maximum atomic E-state index is 3.74. The van der Waals surface area contributed by atoms with Crippen molar-refractivity contribution >= 4 is 11.3 Å². The average Bonchev–Trinajstić information content (AvgIpc) is 3.00. The van der Waals surface area contributed by atoms with Crippen LogP contribution in [-0.2, 0) is 6.42 Å². The van der Waals surface area contributed by atoms with E-state index in [1.807, 2.05) is 0 Å². The SMILES string of the molecule is CCCCCC(NCCc1ccsc1)c1ccccc1. The number of hydrogen-bond donors (Lipinski definition) is 1. The van der Waals surface area contributed by atoms with E-state index in [0.29, 0.717) is 6.04 Å². The van der Waals surface area contributed by atoms with Gasteiger partial charge in [-0.2, -0.15) is 11.3 Å². The molecule has 0 amide bonds. The van der Waals surface area contributed by atoms with Crippen molar-refractivity contribution < 1.29 is 0 Å². The Labute approximate surface area is 127 Å². The molecule has 1 nitrogen and oxygen atoms in total. The van der Waals surface area contributed by atoms with Gasteiger partial charge < -0.3 is 5.32 Å². The number of hydrogen-bond acceptors (Lipinski definition) is 2. The van der Waals surface area contributed by atoms with E-state index in [1.54, 1.807) is 11.3 Å². The van der Waals surface area contributed by atoms with E-state index < -0.39 is 0 Å². The lowest BCUT2D eigenvalue weighted by Gasteiger charge is -2.19. The van der Waals surface area contributed by atoms with Gasteiger partial charge in [-0.3, -0.25) is 0 Å². The molecule has 0 saturated carbocycles. The predicted octanol–water partition coefficient (Wildman–Crippen LogP) is 5.20. The first-order valence-electron chi connectivity index (χ1n) is 7.69. The molecule has 1 aromatic heterocycles. The molecule has 0 fully saturated rings. The Morgan fingerprint density at radius 2 is 1.95 bits per heavy atom. The Hall–Kier alpha value is -1.12. The van der Waals surface area contributed by atoms with Gasteiger partial charge in [-0.1, -0.05) is 56.5 Å². The Morgan fingerprint density at radius 1 is 1.10 bits per heavy atom. The van der Waals surface area contributed by atoms with Gasteiger partial charge >= 0.3 is 0 Å². The van der Waals surface area contributed by atoms with Crippen LogP contribution in [0.2, 0.25) is 0 Å². The van der Waals surface area contributed by atoms with Crippen molar-refractivity contribution in [3.05, 3.63) is 58.3 Å². The lowest BCUT2D eigenvalue weighted by molar-refractivity contribution is 0.477. The standard InChI is InChI=1S/C18H25NS/c1-2-3-5-10-18(17-8-6-4-7-9-17)19-13-11-16-12-14-20-15-16/h4,6-9,12,14-15,18-19H,2-3,5,10-11,13H2,1H3. The van der Waals surface area contributed by atoms with E-state index in [0.717, 1.165) is 13.0 Å². The van der Waals surface area contributed by atoms with E-state index >= 15 is 0 Å². The molecule has 0 bridgehead atoms. The van der Waals surface area contributed by atoms with Crippen LogP contribution < -0.4 is 5.32 Å². The van der Waals surface area contributed by atoms with Crippen LogP contribution in [0.1, 0.15) is 49.8 Å². The van der Waals surface area contributed by atoms with Crippen LogP contribution in [0.3, 0.4) is 0 Å². The highest BCUT2D eigenvalue weighted by Gasteiger charge is 2.09. The number of benzene rings is 1. The van der Waals surface area contributed by atoms with Crippen LogP contribution in [0.15, 0.2) is 47.2 Å². The van der Waals surface area contributed by atoms with Gasteiger partial charge in [0.15, 0.2) is 0 Å². The summed E-state index contributed by atoms with van der Waals surface area (Å²) in [6, 6.07) is 13.6. The molecule has 2 heteroatoms. The molecule has 1 N–H and O–H groups in total. The Bertz CT molecular complexity index is 450. The zero-order chi connectivity index (χ0) is 14.0. The van der Waals surface area contributed by atoms with Gasteiger partial charge in [0.1, 0.15) is 0 Å². The minimum absolute atomic E-state index is 0.501. The van der Waals surface area contributed by atoms with Crippen LogP contribution in [0, 0.1) is 0 Å². The maximum absolute atomic E-state index is 3.74. The van der Waals surface area contributed by atoms with Crippen LogP contribution in [0.4, 0.5) is 0 Å². The van der Waals surface area contributed by atoms with E-state index in [-0.39, 0.29) is 0 Å². The fourth-order valence-corrected chi connectivity index (χ4v) is 3.20. The van der Waals surface area contributed by atoms with Gasteiger partial charge in [0.05, 0.1) is 0 Å². The summed E-state index contributed by atoms with van der Waals surface area (Å²) >= 11 is 1.78. The predicted molar refractivity (Wildman–Crippen MR) is 89.4 cm³/mol. The Kier molecular flexibility index (Phi) is 6.82. The molecule has 2 rings (SSSR count). The summed E-state index contributed by atoms with van der Waals surface area (Å²) in [6.07, 6.45) is 6.29. The molecule has 0 spiro atoms. The summed E-state index contributed by atoms with van der Waals surface area (Å²) in [7, 11) is 0. The van der Waals surface area contributed by atoms with Gasteiger partial charge in [-0.05, 0) is 47.3 Å². The van der Waals surface area contributed by atoms with Gasteiger partial charge in [-0.15, -0.1) is 0 Å². The zero-order valence-corrected chi connectivity index (χ0v) is 13.2. The largest absolute Gasteiger partial charge is 0.310 e. The first kappa shape index (κ1) is 15.3. The molecule has 108 valence electrons. The van der Waals surface area contributed by atoms with Crippen LogP contribution in [-0.4, -0.2) is 6.54 Å². The second-order valence-electron chi connectivity index (χ2n) is 5.29. The van der Waals surface area contributed by atoms with Crippen molar-refractivity contribution in [2.75, 3.05) is 6.54 Å². The third-order valence-corrected chi connectivity index (χ3v) is 4.41. The molecular formula is C18H25NS. The number of nitrogens with one attached hydrogen (secondary N) is 1. The third kappa shape index (κ3) is 5.10. The highest BCUT2D eigenvalue weighted by molar-refractivity contribution is 7.07. The lowest BCUT2D eigenvalue weighted by Crippen LogP contribution is -2.23. The smallest absolute Gasteiger partial charge is 0.0320 e. The summed E-state index contributed by atoms with van der Waals surface area (Å²) in [5.41, 5.74) is 2.87. The van der Waals surface area contributed by atoms with Crippen molar-refractivity contribution in [2.24, 2.45) is 0 Å². The fourth-order valence-electron chi connectivity index (χ4n) is 2.50. The van der Waals surface area contributed by atoms with Gasteiger partial charge in [0.25, 0.3) is 0 Å². The van der Waals surface area contributed by atoms with E-state index in [2.05, 4.69) is 59.4 Å². The molecule has 1 heterocycles. The van der Waals surface area contributed by atoms with Crippen LogP contribution >= 0.6 is 11.3 Å². The number of rotatable bonds is 9. The molecule has 0 aliphatic rings. The fraction of sp³-hybridized carbons (Fsp3) is 0.444. The second kappa shape index (κ2) is 8.93. The maximum Gasteiger partial charge on any atom is 0.0320 e. The normalized spacial score (nSPS) is 12.4. The third-order valence-electron chi connectivity index (χ3n) is 3.68. The molecule has 0 aliphatic heterocycles. The molecule has 1 aromatic carbocycles. The summed E-state index contributed by atoms with van der Waals surface area (Å²) in [6.45, 7) is 3.32. The van der Waals surface area contributed by atoms with E-state index in [9.17, 15) is 0 Å². The number of unbranched alkanes of at least 4 members (excludes halogenated alkanes) is 2. The van der Waals surface area contributed by atoms with Crippen LogP contribution in [0.25, 0.3) is 0 Å². The van der Waals surface area contributed by atoms with Crippen molar-refractivity contribution in [3.63, 3.8) is 0 Å². The molecular weight excluding hydrogens is 262 g/mol. The molecule has 1 unspecified atom stereocenters. The molecule has 1 atom stereocenters. The highest BCUT2D eigenvalue weighted by Crippen LogP contribution is 2.19. The molecule has 0 aliphatic carbocycles. The monoisotopic (exact) mass is 287 g/mol.